The van der Waals surface area contributed by atoms with Gasteiger partial charge in [-0.3, -0.25) is 4.98 Å². The van der Waals surface area contributed by atoms with E-state index in [1.54, 1.807) is 12.3 Å². The Balaban J connectivity index is 0.000000845. The molecule has 0 saturated carbocycles. The molecule has 2 aromatic rings. The third kappa shape index (κ3) is 1.89. The molecule has 0 aromatic carbocycles. The summed E-state index contributed by atoms with van der Waals surface area (Å²) in [5, 5.41) is 10.4. The number of hydrogen-bond donors (Lipinski definition) is 0. The summed E-state index contributed by atoms with van der Waals surface area (Å²) in [5.74, 6) is -1.24. The van der Waals surface area contributed by atoms with Crippen molar-refractivity contribution >= 4 is 27.5 Å². The van der Waals surface area contributed by atoms with Crippen molar-refractivity contribution < 1.29 is 28.8 Å². The average molecular weight is 186 g/mol. The van der Waals surface area contributed by atoms with E-state index in [1.807, 2.05) is 0 Å². The van der Waals surface area contributed by atoms with Crippen molar-refractivity contribution in [1.82, 2.24) is 9.97 Å². The predicted octanol–water partition coefficient (Wildman–Crippen LogP) is -2.94. The number of pyridine rings is 1. The Morgan fingerprint density at radius 2 is 2.31 bits per heavy atom. The van der Waals surface area contributed by atoms with Crippen LogP contribution < -0.4 is 24.0 Å². The fourth-order valence-electron chi connectivity index (χ4n) is 0.867. The molecule has 13 heavy (non-hydrogen) atoms. The van der Waals surface area contributed by atoms with Crippen LogP contribution in [0.3, 0.4) is 0 Å². The maximum atomic E-state index is 10.4. The van der Waals surface area contributed by atoms with E-state index in [1.165, 1.54) is 6.20 Å². The van der Waals surface area contributed by atoms with Gasteiger partial charge in [0, 0.05) is 6.20 Å². The minimum Gasteiger partial charge on any atom is -0.542 e. The van der Waals surface area contributed by atoms with Crippen LogP contribution in [-0.4, -0.2) is 15.9 Å². The molecule has 0 amide bonds. The van der Waals surface area contributed by atoms with Crippen LogP contribution in [0.15, 0.2) is 18.5 Å². The number of carbonyl (C=O) groups is 1. The Hall–Kier alpha value is -0.893. The largest absolute Gasteiger partial charge is 1.00 e. The second-order valence-corrected chi connectivity index (χ2v) is 3.18. The number of carboxylic acid groups (broad SMARTS) is 1. The zero-order valence-electron chi connectivity index (χ0n) is 6.85. The first-order valence-electron chi connectivity index (χ1n) is 3.19. The van der Waals surface area contributed by atoms with Gasteiger partial charge in [0.25, 0.3) is 0 Å². The van der Waals surface area contributed by atoms with Gasteiger partial charge in [-0.05, 0) is 6.07 Å². The molecular weight excluding hydrogens is 183 g/mol. The summed E-state index contributed by atoms with van der Waals surface area (Å²) >= 11 is 1.09. The van der Waals surface area contributed by atoms with Gasteiger partial charge in [0.1, 0.15) is 16.5 Å². The SMILES string of the molecule is O=C([O-])c1nc2cnccc2s1.[Li+]. The summed E-state index contributed by atoms with van der Waals surface area (Å²) in [6.45, 7) is 0. The van der Waals surface area contributed by atoms with E-state index in [9.17, 15) is 9.90 Å². The number of hydrogen-bond acceptors (Lipinski definition) is 5. The molecule has 0 saturated heterocycles. The van der Waals surface area contributed by atoms with E-state index >= 15 is 0 Å². The molecule has 0 atom stereocenters. The van der Waals surface area contributed by atoms with Crippen LogP contribution in [0.1, 0.15) is 9.80 Å². The van der Waals surface area contributed by atoms with Crippen molar-refractivity contribution in [3.05, 3.63) is 23.5 Å². The van der Waals surface area contributed by atoms with Gasteiger partial charge in [0.15, 0.2) is 0 Å². The van der Waals surface area contributed by atoms with Crippen molar-refractivity contribution in [2.75, 3.05) is 0 Å². The topological polar surface area (TPSA) is 65.9 Å². The van der Waals surface area contributed by atoms with Gasteiger partial charge in [0.05, 0.1) is 10.9 Å². The van der Waals surface area contributed by atoms with Gasteiger partial charge in [-0.2, -0.15) is 0 Å². The predicted molar refractivity (Wildman–Crippen MR) is 41.7 cm³/mol. The van der Waals surface area contributed by atoms with Gasteiger partial charge in [0.2, 0.25) is 0 Å². The molecule has 2 rings (SSSR count). The summed E-state index contributed by atoms with van der Waals surface area (Å²) in [4.78, 5) is 18.0. The van der Waals surface area contributed by atoms with E-state index in [0.29, 0.717) is 5.52 Å². The Kier molecular flexibility index (Phi) is 3.04. The standard InChI is InChI=1S/C7H4N2O2S.Li/c10-7(11)6-9-4-3-8-2-1-5(4)12-6;/h1-3H,(H,10,11);/q;+1/p-1. The normalized spacial score (nSPS) is 9.54. The van der Waals surface area contributed by atoms with Gasteiger partial charge in [-0.15, -0.1) is 11.3 Å². The maximum Gasteiger partial charge on any atom is 1.00 e. The number of carbonyl (C=O) groups excluding carboxylic acids is 1. The van der Waals surface area contributed by atoms with Crippen molar-refractivity contribution in [3.63, 3.8) is 0 Å². The Labute approximate surface area is 89.8 Å². The number of nitrogens with zero attached hydrogens (tertiary/aromatic N) is 2. The fourth-order valence-corrected chi connectivity index (χ4v) is 1.63. The van der Waals surface area contributed by atoms with E-state index in [-0.39, 0.29) is 23.9 Å². The zero-order chi connectivity index (χ0) is 8.55. The van der Waals surface area contributed by atoms with E-state index in [2.05, 4.69) is 9.97 Å². The van der Waals surface area contributed by atoms with Crippen LogP contribution >= 0.6 is 11.3 Å². The minimum absolute atomic E-state index is 0. The van der Waals surface area contributed by atoms with Crippen molar-refractivity contribution in [3.8, 4) is 0 Å². The molecule has 0 N–H and O–H groups in total. The molecule has 0 fully saturated rings. The van der Waals surface area contributed by atoms with Crippen molar-refractivity contribution in [2.45, 2.75) is 0 Å². The molecule has 0 aliphatic rings. The molecule has 2 aromatic heterocycles. The molecule has 6 heteroatoms. The summed E-state index contributed by atoms with van der Waals surface area (Å²) in [6.07, 6.45) is 3.12. The molecule has 0 radical (unpaired) electrons. The molecule has 60 valence electrons. The van der Waals surface area contributed by atoms with E-state index in [4.69, 9.17) is 0 Å². The molecule has 0 bridgehead atoms. The maximum absolute atomic E-state index is 10.4. The van der Waals surface area contributed by atoms with Gasteiger partial charge in [-0.25, -0.2) is 4.98 Å². The van der Waals surface area contributed by atoms with Gasteiger partial charge >= 0.3 is 18.9 Å². The second kappa shape index (κ2) is 3.88. The minimum atomic E-state index is -1.24. The van der Waals surface area contributed by atoms with Gasteiger partial charge < -0.3 is 9.90 Å². The summed E-state index contributed by atoms with van der Waals surface area (Å²) in [5.41, 5.74) is 0.599. The number of rotatable bonds is 1. The van der Waals surface area contributed by atoms with Crippen LogP contribution in [0.25, 0.3) is 10.2 Å². The van der Waals surface area contributed by atoms with Crippen LogP contribution in [0, 0.1) is 0 Å². The smallest absolute Gasteiger partial charge is 0.542 e. The second-order valence-electron chi connectivity index (χ2n) is 2.15. The summed E-state index contributed by atoms with van der Waals surface area (Å²) < 4.78 is 0.809. The number of aromatic nitrogens is 2. The Morgan fingerprint density at radius 3 is 2.92 bits per heavy atom. The monoisotopic (exact) mass is 186 g/mol. The molecule has 2 heterocycles. The Morgan fingerprint density at radius 1 is 1.54 bits per heavy atom. The Bertz CT molecular complexity index is 410. The molecule has 0 spiro atoms. The fraction of sp³-hybridized carbons (Fsp3) is 0. The van der Waals surface area contributed by atoms with E-state index in [0.717, 1.165) is 16.0 Å². The number of carboxylic acids is 1. The first-order chi connectivity index (χ1) is 5.77. The van der Waals surface area contributed by atoms with Crippen molar-refractivity contribution in [1.29, 1.82) is 0 Å². The van der Waals surface area contributed by atoms with Crippen LogP contribution in [0.5, 0.6) is 0 Å². The molecule has 0 aliphatic carbocycles. The van der Waals surface area contributed by atoms with E-state index < -0.39 is 5.97 Å². The summed E-state index contributed by atoms with van der Waals surface area (Å²) in [6, 6.07) is 1.72. The molecule has 0 unspecified atom stereocenters. The number of aromatic carboxylic acids is 1. The van der Waals surface area contributed by atoms with Crippen LogP contribution in [0.4, 0.5) is 0 Å². The average Bonchev–Trinajstić information content (AvgIpc) is 2.46. The van der Waals surface area contributed by atoms with Crippen LogP contribution in [0.2, 0.25) is 0 Å². The van der Waals surface area contributed by atoms with Crippen molar-refractivity contribution in [2.24, 2.45) is 0 Å². The third-order valence-electron chi connectivity index (χ3n) is 1.36. The van der Waals surface area contributed by atoms with Gasteiger partial charge in [-0.1, -0.05) is 0 Å². The number of fused-ring (bicyclic) bond motifs is 1. The molecular formula is C7H3LiN2O2S. The number of thiazole rings is 1. The third-order valence-corrected chi connectivity index (χ3v) is 2.38. The quantitative estimate of drug-likeness (QED) is 0.447. The molecule has 0 aliphatic heterocycles. The summed E-state index contributed by atoms with van der Waals surface area (Å²) in [7, 11) is 0. The van der Waals surface area contributed by atoms with Crippen LogP contribution in [-0.2, 0) is 0 Å². The molecule has 4 nitrogen and oxygen atoms in total. The first kappa shape index (κ1) is 10.2. The zero-order valence-corrected chi connectivity index (χ0v) is 7.67. The first-order valence-corrected chi connectivity index (χ1v) is 4.01.